The molecule has 1 saturated carbocycles. The van der Waals surface area contributed by atoms with Gasteiger partial charge in [0.2, 0.25) is 5.91 Å². The molecule has 120 valence electrons. The van der Waals surface area contributed by atoms with Gasteiger partial charge in [-0.3, -0.25) is 4.79 Å². The number of rotatable bonds is 5. The van der Waals surface area contributed by atoms with E-state index in [4.69, 9.17) is 4.98 Å². The zero-order valence-corrected chi connectivity index (χ0v) is 13.9. The Balaban J connectivity index is 1.65. The molecular formula is C19H17N3OS. The first-order chi connectivity index (χ1) is 11.8. The van der Waals surface area contributed by atoms with Crippen LogP contribution in [0.15, 0.2) is 59.6 Å². The summed E-state index contributed by atoms with van der Waals surface area (Å²) >= 11 is 1.47. The lowest BCUT2D eigenvalue weighted by molar-refractivity contribution is -0.118. The van der Waals surface area contributed by atoms with Crippen molar-refractivity contribution in [2.75, 3.05) is 5.75 Å². The van der Waals surface area contributed by atoms with Gasteiger partial charge < -0.3 is 5.32 Å². The quantitative estimate of drug-likeness (QED) is 0.571. The summed E-state index contributed by atoms with van der Waals surface area (Å²) in [5, 5.41) is 4.85. The van der Waals surface area contributed by atoms with Crippen molar-refractivity contribution in [3.05, 3.63) is 54.6 Å². The first kappa shape index (κ1) is 15.1. The summed E-state index contributed by atoms with van der Waals surface area (Å²) in [5.74, 6) is 1.15. The molecule has 0 bridgehead atoms. The molecule has 0 unspecified atom stereocenters. The average Bonchev–Trinajstić information content (AvgIpc) is 3.44. The smallest absolute Gasteiger partial charge is 0.230 e. The SMILES string of the molecule is O=C(CSc1nc(-c2ccccc2)nc2ccccc12)NC1CC1. The van der Waals surface area contributed by atoms with Crippen LogP contribution in [0.4, 0.5) is 0 Å². The minimum atomic E-state index is 0.0754. The van der Waals surface area contributed by atoms with E-state index in [9.17, 15) is 4.79 Å². The van der Waals surface area contributed by atoms with Crippen molar-refractivity contribution in [2.24, 2.45) is 0 Å². The van der Waals surface area contributed by atoms with E-state index in [-0.39, 0.29) is 5.91 Å². The molecule has 1 heterocycles. The second kappa shape index (κ2) is 6.61. The van der Waals surface area contributed by atoms with Crippen LogP contribution in [0.25, 0.3) is 22.3 Å². The molecule has 2 aromatic carbocycles. The molecule has 1 aromatic heterocycles. The Morgan fingerprint density at radius 1 is 1.04 bits per heavy atom. The molecule has 1 aliphatic carbocycles. The molecular weight excluding hydrogens is 318 g/mol. The number of nitrogens with one attached hydrogen (secondary N) is 1. The summed E-state index contributed by atoms with van der Waals surface area (Å²) in [5.41, 5.74) is 1.88. The molecule has 0 atom stereocenters. The molecule has 0 spiro atoms. The van der Waals surface area contributed by atoms with E-state index in [1.54, 1.807) is 0 Å². The molecule has 4 nitrogen and oxygen atoms in total. The molecule has 0 aliphatic heterocycles. The zero-order chi connectivity index (χ0) is 16.4. The maximum absolute atomic E-state index is 12.0. The molecule has 5 heteroatoms. The second-order valence-corrected chi connectivity index (χ2v) is 6.83. The van der Waals surface area contributed by atoms with Crippen molar-refractivity contribution in [3.63, 3.8) is 0 Å². The van der Waals surface area contributed by atoms with E-state index in [2.05, 4.69) is 10.3 Å². The first-order valence-electron chi connectivity index (χ1n) is 8.04. The Hall–Kier alpha value is -2.40. The Labute approximate surface area is 144 Å². The van der Waals surface area contributed by atoms with Crippen molar-refractivity contribution < 1.29 is 4.79 Å². The monoisotopic (exact) mass is 335 g/mol. The van der Waals surface area contributed by atoms with Crippen molar-refractivity contribution in [1.82, 2.24) is 15.3 Å². The van der Waals surface area contributed by atoms with E-state index in [1.807, 2.05) is 54.6 Å². The number of carbonyl (C=O) groups excluding carboxylic acids is 1. The van der Waals surface area contributed by atoms with Gasteiger partial charge in [-0.05, 0) is 18.9 Å². The highest BCUT2D eigenvalue weighted by atomic mass is 32.2. The maximum Gasteiger partial charge on any atom is 0.230 e. The number of amides is 1. The number of para-hydroxylation sites is 1. The number of benzene rings is 2. The van der Waals surface area contributed by atoms with Gasteiger partial charge in [-0.25, -0.2) is 9.97 Å². The zero-order valence-electron chi connectivity index (χ0n) is 13.1. The second-order valence-electron chi connectivity index (χ2n) is 5.87. The number of nitrogens with zero attached hydrogens (tertiary/aromatic N) is 2. The fraction of sp³-hybridized carbons (Fsp3) is 0.211. The highest BCUT2D eigenvalue weighted by Gasteiger charge is 2.23. The van der Waals surface area contributed by atoms with Gasteiger partial charge >= 0.3 is 0 Å². The maximum atomic E-state index is 12.0. The third-order valence-electron chi connectivity index (χ3n) is 3.88. The van der Waals surface area contributed by atoms with Gasteiger partial charge in [0.1, 0.15) is 5.03 Å². The lowest BCUT2D eigenvalue weighted by Crippen LogP contribution is -2.27. The van der Waals surface area contributed by atoms with Gasteiger partial charge in [0.05, 0.1) is 11.3 Å². The predicted molar refractivity (Wildman–Crippen MR) is 96.9 cm³/mol. The number of aromatic nitrogens is 2. The Bertz CT molecular complexity index is 878. The first-order valence-corrected chi connectivity index (χ1v) is 9.02. The lowest BCUT2D eigenvalue weighted by atomic mass is 10.2. The van der Waals surface area contributed by atoms with Crippen molar-refractivity contribution in [3.8, 4) is 11.4 Å². The summed E-state index contributed by atoms with van der Waals surface area (Å²) in [7, 11) is 0. The average molecular weight is 335 g/mol. The van der Waals surface area contributed by atoms with Gasteiger partial charge in [-0.2, -0.15) is 0 Å². The van der Waals surface area contributed by atoms with E-state index < -0.39 is 0 Å². The Morgan fingerprint density at radius 3 is 2.58 bits per heavy atom. The summed E-state index contributed by atoms with van der Waals surface area (Å²) in [6.45, 7) is 0. The van der Waals surface area contributed by atoms with Crippen LogP contribution < -0.4 is 5.32 Å². The third-order valence-corrected chi connectivity index (χ3v) is 4.87. The van der Waals surface area contributed by atoms with E-state index in [1.165, 1.54) is 11.8 Å². The molecule has 0 saturated heterocycles. The van der Waals surface area contributed by atoms with Crippen LogP contribution in [0.5, 0.6) is 0 Å². The standard InChI is InChI=1S/C19H17N3OS/c23-17(20-14-10-11-14)12-24-19-15-8-4-5-9-16(15)21-18(22-19)13-6-2-1-3-7-13/h1-9,14H,10-12H2,(H,20,23). The van der Waals surface area contributed by atoms with E-state index >= 15 is 0 Å². The Kier molecular flexibility index (Phi) is 4.17. The molecule has 1 N–H and O–H groups in total. The normalized spacial score (nSPS) is 13.8. The molecule has 1 aliphatic rings. The van der Waals surface area contributed by atoms with Crippen LogP contribution in [0.1, 0.15) is 12.8 Å². The van der Waals surface area contributed by atoms with Crippen LogP contribution >= 0.6 is 11.8 Å². The van der Waals surface area contributed by atoms with Crippen LogP contribution in [0.2, 0.25) is 0 Å². The van der Waals surface area contributed by atoms with Crippen LogP contribution in [-0.4, -0.2) is 27.7 Å². The van der Waals surface area contributed by atoms with Crippen molar-refractivity contribution in [1.29, 1.82) is 0 Å². The minimum absolute atomic E-state index is 0.0754. The third kappa shape index (κ3) is 3.41. The predicted octanol–water partition coefficient (Wildman–Crippen LogP) is 3.67. The molecule has 1 amide bonds. The molecule has 0 radical (unpaired) electrons. The lowest BCUT2D eigenvalue weighted by Gasteiger charge is -2.09. The van der Waals surface area contributed by atoms with E-state index in [0.29, 0.717) is 17.6 Å². The van der Waals surface area contributed by atoms with Gasteiger partial charge in [-0.1, -0.05) is 60.3 Å². The van der Waals surface area contributed by atoms with Crippen molar-refractivity contribution >= 4 is 28.6 Å². The van der Waals surface area contributed by atoms with Gasteiger partial charge in [0.25, 0.3) is 0 Å². The highest BCUT2D eigenvalue weighted by molar-refractivity contribution is 8.00. The molecule has 24 heavy (non-hydrogen) atoms. The molecule has 3 aromatic rings. The van der Waals surface area contributed by atoms with Crippen LogP contribution in [0.3, 0.4) is 0 Å². The highest BCUT2D eigenvalue weighted by Crippen LogP contribution is 2.28. The number of hydrogen-bond donors (Lipinski definition) is 1. The molecule has 4 rings (SSSR count). The number of hydrogen-bond acceptors (Lipinski definition) is 4. The van der Waals surface area contributed by atoms with Gasteiger partial charge in [-0.15, -0.1) is 0 Å². The minimum Gasteiger partial charge on any atom is -0.353 e. The van der Waals surface area contributed by atoms with E-state index in [0.717, 1.165) is 34.3 Å². The number of fused-ring (bicyclic) bond motifs is 1. The summed E-state index contributed by atoms with van der Waals surface area (Å²) in [4.78, 5) is 21.4. The number of thioether (sulfide) groups is 1. The number of carbonyl (C=O) groups is 1. The van der Waals surface area contributed by atoms with Crippen LogP contribution in [-0.2, 0) is 4.79 Å². The summed E-state index contributed by atoms with van der Waals surface area (Å²) < 4.78 is 0. The van der Waals surface area contributed by atoms with Crippen molar-refractivity contribution in [2.45, 2.75) is 23.9 Å². The fourth-order valence-corrected chi connectivity index (χ4v) is 3.34. The topological polar surface area (TPSA) is 54.9 Å². The van der Waals surface area contributed by atoms with Gasteiger partial charge in [0, 0.05) is 17.0 Å². The fourth-order valence-electron chi connectivity index (χ4n) is 2.50. The van der Waals surface area contributed by atoms with Gasteiger partial charge in [0.15, 0.2) is 5.82 Å². The summed E-state index contributed by atoms with van der Waals surface area (Å²) in [6, 6.07) is 18.2. The van der Waals surface area contributed by atoms with Crippen LogP contribution in [0, 0.1) is 0 Å². The largest absolute Gasteiger partial charge is 0.353 e. The summed E-state index contributed by atoms with van der Waals surface area (Å²) in [6.07, 6.45) is 2.20. The molecule has 1 fully saturated rings. The Morgan fingerprint density at radius 2 is 1.79 bits per heavy atom.